The van der Waals surface area contributed by atoms with Crippen LogP contribution < -0.4 is 16.4 Å². The maximum Gasteiger partial charge on any atom is 0.237 e. The maximum atomic E-state index is 12.0. The highest BCUT2D eigenvalue weighted by molar-refractivity contribution is 5.93. The molecule has 2 rings (SSSR count). The van der Waals surface area contributed by atoms with Gasteiger partial charge >= 0.3 is 0 Å². The fraction of sp³-hybridized carbons (Fsp3) is 0.500. The van der Waals surface area contributed by atoms with Crippen molar-refractivity contribution in [1.29, 1.82) is 0 Å². The molecule has 5 heteroatoms. The molecule has 1 heterocycles. The molecular weight excluding hydrogens is 266 g/mol. The number of benzene rings is 1. The van der Waals surface area contributed by atoms with Crippen LogP contribution >= 0.6 is 0 Å². The summed E-state index contributed by atoms with van der Waals surface area (Å²) in [6.45, 7) is 5.79. The number of anilines is 1. The Labute approximate surface area is 125 Å². The quantitative estimate of drug-likeness (QED) is 0.789. The molecule has 1 unspecified atom stereocenters. The summed E-state index contributed by atoms with van der Waals surface area (Å²) in [5.74, 6) is 0.0268. The number of hydrogen-bond donors (Lipinski definition) is 3. The van der Waals surface area contributed by atoms with Crippen molar-refractivity contribution in [2.75, 3.05) is 5.32 Å². The Kier molecular flexibility index (Phi) is 4.63. The Morgan fingerprint density at radius 3 is 2.67 bits per heavy atom. The zero-order chi connectivity index (χ0) is 15.6. The monoisotopic (exact) mass is 289 g/mol. The Hall–Kier alpha value is -1.88. The third kappa shape index (κ3) is 3.61. The number of aryl methyl sites for hydroxylation is 1. The number of nitrogens with one attached hydrogen (secondary N) is 2. The van der Waals surface area contributed by atoms with Gasteiger partial charge in [0.2, 0.25) is 11.8 Å². The van der Waals surface area contributed by atoms with Gasteiger partial charge in [-0.25, -0.2) is 0 Å². The SMILES string of the molecule is CC(NC(=O)[C@@H](N)C(C)C)c1ccc2c(c1)CCC(=O)N2. The van der Waals surface area contributed by atoms with E-state index in [2.05, 4.69) is 10.6 Å². The highest BCUT2D eigenvalue weighted by Crippen LogP contribution is 2.26. The van der Waals surface area contributed by atoms with Gasteiger partial charge < -0.3 is 16.4 Å². The maximum absolute atomic E-state index is 12.0. The lowest BCUT2D eigenvalue weighted by Crippen LogP contribution is -2.44. The number of nitrogens with two attached hydrogens (primary N) is 1. The molecule has 2 amide bonds. The summed E-state index contributed by atoms with van der Waals surface area (Å²) in [5, 5.41) is 5.80. The lowest BCUT2D eigenvalue weighted by Gasteiger charge is -2.22. The van der Waals surface area contributed by atoms with Gasteiger partial charge in [0.15, 0.2) is 0 Å². The molecule has 0 fully saturated rings. The smallest absolute Gasteiger partial charge is 0.237 e. The first-order valence-corrected chi connectivity index (χ1v) is 7.37. The van der Waals surface area contributed by atoms with Crippen LogP contribution in [0.5, 0.6) is 0 Å². The average Bonchev–Trinajstić information content (AvgIpc) is 2.45. The Morgan fingerprint density at radius 2 is 2.00 bits per heavy atom. The minimum Gasteiger partial charge on any atom is -0.348 e. The van der Waals surface area contributed by atoms with Crippen LogP contribution in [0.2, 0.25) is 0 Å². The van der Waals surface area contributed by atoms with Crippen molar-refractivity contribution in [2.24, 2.45) is 11.7 Å². The van der Waals surface area contributed by atoms with Crippen molar-refractivity contribution in [3.8, 4) is 0 Å². The van der Waals surface area contributed by atoms with Gasteiger partial charge in [-0.05, 0) is 36.5 Å². The van der Waals surface area contributed by atoms with E-state index in [0.717, 1.165) is 23.2 Å². The van der Waals surface area contributed by atoms with Crippen LogP contribution in [-0.4, -0.2) is 17.9 Å². The minimum atomic E-state index is -0.496. The molecule has 1 aromatic rings. The summed E-state index contributed by atoms with van der Waals surface area (Å²) in [6.07, 6.45) is 1.25. The summed E-state index contributed by atoms with van der Waals surface area (Å²) < 4.78 is 0. The summed E-state index contributed by atoms with van der Waals surface area (Å²) in [5.41, 5.74) is 8.86. The molecule has 0 aromatic heterocycles. The van der Waals surface area contributed by atoms with Gasteiger partial charge in [0.25, 0.3) is 0 Å². The standard InChI is InChI=1S/C16H23N3O2/c1-9(2)15(17)16(21)18-10(3)11-4-6-13-12(8-11)5-7-14(20)19-13/h4,6,8-10,15H,5,7,17H2,1-3H3,(H,18,21)(H,19,20)/t10?,15-/m0/s1. The predicted molar refractivity (Wildman–Crippen MR) is 82.8 cm³/mol. The number of hydrogen-bond acceptors (Lipinski definition) is 3. The number of carbonyl (C=O) groups excluding carboxylic acids is 2. The number of rotatable bonds is 4. The second-order valence-corrected chi connectivity index (χ2v) is 5.96. The zero-order valence-corrected chi connectivity index (χ0v) is 12.8. The summed E-state index contributed by atoms with van der Waals surface area (Å²) >= 11 is 0. The Bertz CT molecular complexity index is 554. The predicted octanol–water partition coefficient (Wildman–Crippen LogP) is 1.73. The molecule has 21 heavy (non-hydrogen) atoms. The molecule has 4 N–H and O–H groups in total. The first-order chi connectivity index (χ1) is 9.88. The van der Waals surface area contributed by atoms with Crippen LogP contribution in [0.3, 0.4) is 0 Å². The molecule has 1 aromatic carbocycles. The molecule has 0 spiro atoms. The van der Waals surface area contributed by atoms with Crippen molar-refractivity contribution in [1.82, 2.24) is 5.32 Å². The van der Waals surface area contributed by atoms with Gasteiger partial charge in [0.05, 0.1) is 12.1 Å². The number of amides is 2. The molecule has 1 aliphatic rings. The van der Waals surface area contributed by atoms with Crippen molar-refractivity contribution < 1.29 is 9.59 Å². The minimum absolute atomic E-state index is 0.0551. The molecule has 2 atom stereocenters. The van der Waals surface area contributed by atoms with Gasteiger partial charge in [-0.1, -0.05) is 26.0 Å². The molecule has 0 radical (unpaired) electrons. The van der Waals surface area contributed by atoms with Gasteiger partial charge in [-0.2, -0.15) is 0 Å². The molecular formula is C16H23N3O2. The molecule has 0 bridgehead atoms. The Morgan fingerprint density at radius 1 is 1.29 bits per heavy atom. The van der Waals surface area contributed by atoms with E-state index < -0.39 is 6.04 Å². The van der Waals surface area contributed by atoms with E-state index in [-0.39, 0.29) is 23.8 Å². The molecule has 5 nitrogen and oxygen atoms in total. The number of fused-ring (bicyclic) bond motifs is 1. The second-order valence-electron chi connectivity index (χ2n) is 5.96. The number of carbonyl (C=O) groups is 2. The third-order valence-corrected chi connectivity index (χ3v) is 3.90. The van der Waals surface area contributed by atoms with Crippen LogP contribution in [-0.2, 0) is 16.0 Å². The van der Waals surface area contributed by atoms with Crippen LogP contribution in [0.15, 0.2) is 18.2 Å². The normalized spacial score (nSPS) is 16.9. The fourth-order valence-corrected chi connectivity index (χ4v) is 2.37. The lowest BCUT2D eigenvalue weighted by molar-refractivity contribution is -0.123. The molecule has 0 aliphatic carbocycles. The van der Waals surface area contributed by atoms with E-state index in [0.29, 0.717) is 6.42 Å². The van der Waals surface area contributed by atoms with Gasteiger partial charge in [0, 0.05) is 12.1 Å². The van der Waals surface area contributed by atoms with Crippen LogP contribution in [0.25, 0.3) is 0 Å². The van der Waals surface area contributed by atoms with E-state index in [1.807, 2.05) is 39.0 Å². The molecule has 114 valence electrons. The van der Waals surface area contributed by atoms with E-state index in [1.54, 1.807) is 0 Å². The van der Waals surface area contributed by atoms with Gasteiger partial charge in [-0.15, -0.1) is 0 Å². The van der Waals surface area contributed by atoms with E-state index in [9.17, 15) is 9.59 Å². The van der Waals surface area contributed by atoms with E-state index in [1.165, 1.54) is 0 Å². The first-order valence-electron chi connectivity index (χ1n) is 7.37. The van der Waals surface area contributed by atoms with Crippen molar-refractivity contribution >= 4 is 17.5 Å². The highest BCUT2D eigenvalue weighted by atomic mass is 16.2. The van der Waals surface area contributed by atoms with Gasteiger partial charge in [0.1, 0.15) is 0 Å². The van der Waals surface area contributed by atoms with Crippen LogP contribution in [0, 0.1) is 5.92 Å². The summed E-state index contributed by atoms with van der Waals surface area (Å²) in [7, 11) is 0. The van der Waals surface area contributed by atoms with E-state index in [4.69, 9.17) is 5.73 Å². The summed E-state index contributed by atoms with van der Waals surface area (Å²) in [4.78, 5) is 23.4. The Balaban J connectivity index is 2.08. The van der Waals surface area contributed by atoms with Crippen LogP contribution in [0.4, 0.5) is 5.69 Å². The van der Waals surface area contributed by atoms with Crippen molar-refractivity contribution in [2.45, 2.75) is 45.7 Å². The van der Waals surface area contributed by atoms with Crippen molar-refractivity contribution in [3.63, 3.8) is 0 Å². The molecule has 1 aliphatic heterocycles. The van der Waals surface area contributed by atoms with Crippen molar-refractivity contribution in [3.05, 3.63) is 29.3 Å². The lowest BCUT2D eigenvalue weighted by atomic mass is 9.97. The highest BCUT2D eigenvalue weighted by Gasteiger charge is 2.21. The topological polar surface area (TPSA) is 84.2 Å². The largest absolute Gasteiger partial charge is 0.348 e. The zero-order valence-electron chi connectivity index (χ0n) is 12.8. The van der Waals surface area contributed by atoms with E-state index >= 15 is 0 Å². The third-order valence-electron chi connectivity index (χ3n) is 3.90. The molecule has 0 saturated heterocycles. The summed E-state index contributed by atoms with van der Waals surface area (Å²) in [6, 6.07) is 5.26. The fourth-order valence-electron chi connectivity index (χ4n) is 2.37. The second kappa shape index (κ2) is 6.26. The first kappa shape index (κ1) is 15.5. The van der Waals surface area contributed by atoms with Crippen LogP contribution in [0.1, 0.15) is 44.4 Å². The molecule has 0 saturated carbocycles. The average molecular weight is 289 g/mol. The van der Waals surface area contributed by atoms with Gasteiger partial charge in [-0.3, -0.25) is 9.59 Å².